The largest absolute Gasteiger partial charge is 0.306 e. The van der Waals surface area contributed by atoms with Crippen molar-refractivity contribution >= 4 is 10.0 Å². The van der Waals surface area contributed by atoms with Gasteiger partial charge in [-0.3, -0.25) is 0 Å². The van der Waals surface area contributed by atoms with Gasteiger partial charge < -0.3 is 4.90 Å². The third-order valence-electron chi connectivity index (χ3n) is 1.30. The lowest BCUT2D eigenvalue weighted by Crippen LogP contribution is -2.28. The first-order valence-corrected chi connectivity index (χ1v) is 4.86. The maximum absolute atomic E-state index is 10.4. The van der Waals surface area contributed by atoms with Crippen molar-refractivity contribution in [1.29, 1.82) is 0 Å². The minimum absolute atomic E-state index is 0.0390. The van der Waals surface area contributed by atoms with Crippen LogP contribution in [0.25, 0.3) is 0 Å². The van der Waals surface area contributed by atoms with Crippen molar-refractivity contribution in [3.63, 3.8) is 0 Å². The van der Waals surface area contributed by atoms with Crippen molar-refractivity contribution in [2.75, 3.05) is 25.9 Å². The average Bonchev–Trinajstić information content (AvgIpc) is 1.81. The monoisotopic (exact) mass is 166 g/mol. The Bertz CT molecular complexity index is 176. The molecule has 0 aromatic rings. The van der Waals surface area contributed by atoms with Crippen LogP contribution >= 0.6 is 0 Å². The van der Waals surface area contributed by atoms with Crippen LogP contribution in [0.3, 0.4) is 0 Å². The minimum atomic E-state index is -3.27. The van der Waals surface area contributed by atoms with E-state index in [-0.39, 0.29) is 5.75 Å². The number of rotatable bonds is 4. The predicted octanol–water partition coefficient (Wildman–Crippen LogP) is -0.773. The summed E-state index contributed by atoms with van der Waals surface area (Å²) in [6.07, 6.45) is 0. The van der Waals surface area contributed by atoms with E-state index in [4.69, 9.17) is 5.14 Å². The van der Waals surface area contributed by atoms with E-state index in [1.165, 1.54) is 0 Å². The SMILES string of the molecule is CCN(C)CCS(N)(=O)=O. The zero-order chi connectivity index (χ0) is 8.20. The molecule has 0 unspecified atom stereocenters. The van der Waals surface area contributed by atoms with E-state index in [2.05, 4.69) is 0 Å². The highest BCUT2D eigenvalue weighted by atomic mass is 32.2. The lowest BCUT2D eigenvalue weighted by atomic mass is 10.6. The maximum Gasteiger partial charge on any atom is 0.210 e. The zero-order valence-corrected chi connectivity index (χ0v) is 7.19. The lowest BCUT2D eigenvalue weighted by molar-refractivity contribution is 0.373. The van der Waals surface area contributed by atoms with Crippen LogP contribution < -0.4 is 5.14 Å². The molecule has 4 nitrogen and oxygen atoms in total. The van der Waals surface area contributed by atoms with Gasteiger partial charge in [0.25, 0.3) is 0 Å². The van der Waals surface area contributed by atoms with Gasteiger partial charge in [-0.05, 0) is 13.6 Å². The van der Waals surface area contributed by atoms with E-state index in [1.54, 1.807) is 0 Å². The van der Waals surface area contributed by atoms with Crippen LogP contribution in [0.15, 0.2) is 0 Å². The highest BCUT2D eigenvalue weighted by Crippen LogP contribution is 1.83. The molecule has 2 N–H and O–H groups in total. The zero-order valence-electron chi connectivity index (χ0n) is 6.37. The molecule has 0 aromatic heterocycles. The predicted molar refractivity (Wildman–Crippen MR) is 41.1 cm³/mol. The fraction of sp³-hybridized carbons (Fsp3) is 1.00. The molecule has 0 saturated heterocycles. The van der Waals surface area contributed by atoms with Crippen molar-refractivity contribution in [3.8, 4) is 0 Å². The highest BCUT2D eigenvalue weighted by molar-refractivity contribution is 7.89. The van der Waals surface area contributed by atoms with E-state index in [9.17, 15) is 8.42 Å². The van der Waals surface area contributed by atoms with E-state index >= 15 is 0 Å². The van der Waals surface area contributed by atoms with Gasteiger partial charge in [0, 0.05) is 6.54 Å². The Labute approximate surface area is 62.1 Å². The normalized spacial score (nSPS) is 12.4. The Morgan fingerprint density at radius 1 is 1.50 bits per heavy atom. The van der Waals surface area contributed by atoms with Crippen LogP contribution in [0, 0.1) is 0 Å². The average molecular weight is 166 g/mol. The second-order valence-electron chi connectivity index (χ2n) is 2.26. The van der Waals surface area contributed by atoms with E-state index < -0.39 is 10.0 Å². The molecular weight excluding hydrogens is 152 g/mol. The van der Waals surface area contributed by atoms with E-state index in [0.717, 1.165) is 6.54 Å². The topological polar surface area (TPSA) is 63.4 Å². The van der Waals surface area contributed by atoms with Gasteiger partial charge in [-0.25, -0.2) is 13.6 Å². The third kappa shape index (κ3) is 6.00. The molecule has 0 radical (unpaired) electrons. The number of primary sulfonamides is 1. The molecule has 62 valence electrons. The van der Waals surface area contributed by atoms with Gasteiger partial charge in [-0.2, -0.15) is 0 Å². The standard InChI is InChI=1S/C5H14N2O2S/c1-3-7(2)4-5-10(6,8)9/h3-5H2,1-2H3,(H2,6,8,9). The van der Waals surface area contributed by atoms with Crippen LogP contribution in [-0.2, 0) is 10.0 Å². The molecule has 5 heteroatoms. The number of nitrogens with zero attached hydrogens (tertiary/aromatic N) is 1. The molecule has 0 amide bonds. The van der Waals surface area contributed by atoms with Crippen molar-refractivity contribution < 1.29 is 8.42 Å². The first-order chi connectivity index (χ1) is 4.45. The third-order valence-corrected chi connectivity index (χ3v) is 2.05. The fourth-order valence-electron chi connectivity index (χ4n) is 0.441. The van der Waals surface area contributed by atoms with Gasteiger partial charge in [0.1, 0.15) is 0 Å². The van der Waals surface area contributed by atoms with Crippen LogP contribution in [0.1, 0.15) is 6.92 Å². The summed E-state index contributed by atoms with van der Waals surface area (Å²) in [5, 5.41) is 4.78. The van der Waals surface area contributed by atoms with Gasteiger partial charge in [-0.15, -0.1) is 0 Å². The smallest absolute Gasteiger partial charge is 0.210 e. The molecule has 0 aliphatic heterocycles. The lowest BCUT2D eigenvalue weighted by Gasteiger charge is -2.11. The van der Waals surface area contributed by atoms with Gasteiger partial charge >= 0.3 is 0 Å². The van der Waals surface area contributed by atoms with Crippen LogP contribution in [0.2, 0.25) is 0 Å². The Morgan fingerprint density at radius 2 is 2.00 bits per heavy atom. The molecule has 0 fully saturated rings. The highest BCUT2D eigenvalue weighted by Gasteiger charge is 2.03. The van der Waals surface area contributed by atoms with Crippen molar-refractivity contribution in [3.05, 3.63) is 0 Å². The summed E-state index contributed by atoms with van der Waals surface area (Å²) in [5.74, 6) is 0.0390. The summed E-state index contributed by atoms with van der Waals surface area (Å²) in [4.78, 5) is 1.89. The van der Waals surface area contributed by atoms with Crippen LogP contribution in [-0.4, -0.2) is 39.2 Å². The molecule has 0 spiro atoms. The molecule has 10 heavy (non-hydrogen) atoms. The molecule has 0 atom stereocenters. The summed E-state index contributed by atoms with van der Waals surface area (Å²) in [6, 6.07) is 0. The number of nitrogens with two attached hydrogens (primary N) is 1. The maximum atomic E-state index is 10.4. The molecule has 0 aromatic carbocycles. The van der Waals surface area contributed by atoms with Crippen molar-refractivity contribution in [1.82, 2.24) is 4.90 Å². The van der Waals surface area contributed by atoms with Gasteiger partial charge in [-0.1, -0.05) is 6.92 Å². The second kappa shape index (κ2) is 3.90. The first-order valence-electron chi connectivity index (χ1n) is 3.14. The van der Waals surface area contributed by atoms with Crippen LogP contribution in [0.4, 0.5) is 0 Å². The molecule has 0 saturated carbocycles. The summed E-state index contributed by atoms with van der Waals surface area (Å²) in [5.41, 5.74) is 0. The molecular formula is C5H14N2O2S. The second-order valence-corrected chi connectivity index (χ2v) is 4.00. The summed E-state index contributed by atoms with van der Waals surface area (Å²) >= 11 is 0. The Kier molecular flexibility index (Phi) is 3.85. The molecule has 0 rings (SSSR count). The van der Waals surface area contributed by atoms with Crippen molar-refractivity contribution in [2.45, 2.75) is 6.92 Å². The number of hydrogen-bond acceptors (Lipinski definition) is 3. The van der Waals surface area contributed by atoms with Crippen LogP contribution in [0.5, 0.6) is 0 Å². The molecule has 0 aliphatic rings. The summed E-state index contributed by atoms with van der Waals surface area (Å²) in [6.45, 7) is 3.31. The molecule has 0 aliphatic carbocycles. The summed E-state index contributed by atoms with van der Waals surface area (Å²) in [7, 11) is -1.42. The fourth-order valence-corrected chi connectivity index (χ4v) is 1.01. The van der Waals surface area contributed by atoms with Gasteiger partial charge in [0.2, 0.25) is 10.0 Å². The quantitative estimate of drug-likeness (QED) is 0.596. The minimum Gasteiger partial charge on any atom is -0.306 e. The number of hydrogen-bond donors (Lipinski definition) is 1. The van der Waals surface area contributed by atoms with E-state index in [1.807, 2.05) is 18.9 Å². The Morgan fingerprint density at radius 3 is 2.30 bits per heavy atom. The van der Waals surface area contributed by atoms with Gasteiger partial charge in [0.15, 0.2) is 0 Å². The number of sulfonamides is 1. The van der Waals surface area contributed by atoms with E-state index in [0.29, 0.717) is 6.54 Å². The molecule has 0 bridgehead atoms. The first kappa shape index (κ1) is 9.87. The van der Waals surface area contributed by atoms with Gasteiger partial charge in [0.05, 0.1) is 5.75 Å². The Hall–Kier alpha value is -0.130. The molecule has 0 heterocycles. The Balaban J connectivity index is 3.56. The van der Waals surface area contributed by atoms with Crippen molar-refractivity contribution in [2.24, 2.45) is 5.14 Å². The summed E-state index contributed by atoms with van der Waals surface area (Å²) < 4.78 is 20.8.